The molecule has 1 aliphatic rings. The van der Waals surface area contributed by atoms with Crippen molar-refractivity contribution < 1.29 is 9.59 Å². The van der Waals surface area contributed by atoms with Gasteiger partial charge in [-0.3, -0.25) is 9.59 Å². The average Bonchev–Trinajstić information content (AvgIpc) is 2.54. The lowest BCUT2D eigenvalue weighted by Crippen LogP contribution is -2.33. The molecule has 0 fully saturated rings. The van der Waals surface area contributed by atoms with Gasteiger partial charge in [0.25, 0.3) is 0 Å². The number of carbonyl (C=O) groups is 2. The van der Waals surface area contributed by atoms with E-state index in [4.69, 9.17) is 0 Å². The molecule has 2 heterocycles. The topological polar surface area (TPSA) is 62.3 Å². The number of carbonyl (C=O) groups excluding carboxylic acids is 2. The number of aryl methyl sites for hydroxylation is 1. The van der Waals surface area contributed by atoms with Gasteiger partial charge in [-0.25, -0.2) is 4.98 Å². The number of pyridine rings is 1. The van der Waals surface area contributed by atoms with Crippen LogP contribution in [0.25, 0.3) is 6.08 Å². The maximum Gasteiger partial charge on any atom is 0.227 e. The zero-order valence-corrected chi connectivity index (χ0v) is 13.7. The zero-order chi connectivity index (χ0) is 17.1. The van der Waals surface area contributed by atoms with Gasteiger partial charge in [-0.15, -0.1) is 0 Å². The number of fused-ring (bicyclic) bond motifs is 1. The molecule has 0 spiro atoms. The molecule has 1 aromatic carbocycles. The van der Waals surface area contributed by atoms with Crippen molar-refractivity contribution in [2.24, 2.45) is 0 Å². The molecule has 1 atom stereocenters. The highest BCUT2D eigenvalue weighted by Gasteiger charge is 2.28. The fourth-order valence-corrected chi connectivity index (χ4v) is 2.90. The second-order valence-corrected chi connectivity index (χ2v) is 5.80. The summed E-state index contributed by atoms with van der Waals surface area (Å²) in [5.74, 6) is 0.260. The van der Waals surface area contributed by atoms with Gasteiger partial charge >= 0.3 is 0 Å². The molecule has 0 radical (unpaired) electrons. The molecule has 5 heteroatoms. The Balaban J connectivity index is 1.82. The summed E-state index contributed by atoms with van der Waals surface area (Å²) < 4.78 is 0. The number of nitrogens with zero attached hydrogens (tertiary/aromatic N) is 2. The number of amides is 2. The van der Waals surface area contributed by atoms with E-state index in [1.807, 2.05) is 49.4 Å². The van der Waals surface area contributed by atoms with Crippen molar-refractivity contribution in [2.45, 2.75) is 26.3 Å². The fourth-order valence-electron chi connectivity index (χ4n) is 2.90. The number of benzene rings is 1. The maximum atomic E-state index is 12.5. The summed E-state index contributed by atoms with van der Waals surface area (Å²) in [5, 5.41) is 2.81. The molecular formula is C19H19N3O2. The predicted octanol–water partition coefficient (Wildman–Crippen LogP) is 3.29. The van der Waals surface area contributed by atoms with Crippen LogP contribution in [0.4, 0.5) is 5.82 Å². The largest absolute Gasteiger partial charge is 0.311 e. The van der Waals surface area contributed by atoms with E-state index >= 15 is 0 Å². The van der Waals surface area contributed by atoms with Gasteiger partial charge in [0, 0.05) is 18.8 Å². The molecule has 1 N–H and O–H groups in total. The van der Waals surface area contributed by atoms with E-state index in [1.165, 1.54) is 6.92 Å². The van der Waals surface area contributed by atoms with Crippen molar-refractivity contribution in [3.63, 3.8) is 0 Å². The third-order valence-corrected chi connectivity index (χ3v) is 4.00. The molecule has 24 heavy (non-hydrogen) atoms. The van der Waals surface area contributed by atoms with Gasteiger partial charge in [-0.2, -0.15) is 0 Å². The first-order valence-electron chi connectivity index (χ1n) is 7.84. The highest BCUT2D eigenvalue weighted by molar-refractivity contribution is 5.91. The van der Waals surface area contributed by atoms with Crippen LogP contribution in [0.2, 0.25) is 0 Å². The van der Waals surface area contributed by atoms with Crippen LogP contribution in [-0.4, -0.2) is 21.7 Å². The van der Waals surface area contributed by atoms with Crippen molar-refractivity contribution in [3.8, 4) is 0 Å². The lowest BCUT2D eigenvalue weighted by atomic mass is 9.93. The van der Waals surface area contributed by atoms with Gasteiger partial charge in [0.15, 0.2) is 0 Å². The van der Waals surface area contributed by atoms with E-state index in [0.29, 0.717) is 5.82 Å². The quantitative estimate of drug-likeness (QED) is 0.943. The highest BCUT2D eigenvalue weighted by atomic mass is 16.2. The van der Waals surface area contributed by atoms with Crippen LogP contribution in [0.1, 0.15) is 36.2 Å². The van der Waals surface area contributed by atoms with Crippen molar-refractivity contribution in [1.29, 1.82) is 0 Å². The molecule has 3 rings (SSSR count). The molecular weight excluding hydrogens is 302 g/mol. The third kappa shape index (κ3) is 3.35. The Morgan fingerprint density at radius 2 is 1.96 bits per heavy atom. The van der Waals surface area contributed by atoms with Crippen LogP contribution < -0.4 is 5.32 Å². The lowest BCUT2D eigenvalue weighted by molar-refractivity contribution is -0.129. The van der Waals surface area contributed by atoms with E-state index in [1.54, 1.807) is 17.2 Å². The fraction of sp³-hybridized carbons (Fsp3) is 0.211. The van der Waals surface area contributed by atoms with Gasteiger partial charge in [-0.1, -0.05) is 30.3 Å². The molecule has 0 aliphatic carbocycles. The second kappa shape index (κ2) is 6.66. The molecule has 1 aromatic heterocycles. The van der Waals surface area contributed by atoms with Crippen LogP contribution in [0.5, 0.6) is 0 Å². The van der Waals surface area contributed by atoms with Gasteiger partial charge in [-0.05, 0) is 36.3 Å². The minimum atomic E-state index is -0.312. The number of rotatable bonds is 3. The van der Waals surface area contributed by atoms with E-state index in [0.717, 1.165) is 16.8 Å². The number of aromatic nitrogens is 1. The molecule has 1 aliphatic heterocycles. The monoisotopic (exact) mass is 321 g/mol. The number of hydrogen-bond acceptors (Lipinski definition) is 3. The summed E-state index contributed by atoms with van der Waals surface area (Å²) in [5.41, 5.74) is 2.84. The average molecular weight is 321 g/mol. The second-order valence-electron chi connectivity index (χ2n) is 5.80. The Morgan fingerprint density at radius 3 is 2.71 bits per heavy atom. The van der Waals surface area contributed by atoms with Crippen LogP contribution in [0, 0.1) is 6.92 Å². The Bertz CT molecular complexity index is 814. The van der Waals surface area contributed by atoms with Crippen molar-refractivity contribution in [2.75, 3.05) is 5.32 Å². The molecule has 2 amide bonds. The van der Waals surface area contributed by atoms with Gasteiger partial charge in [0.2, 0.25) is 11.8 Å². The molecule has 122 valence electrons. The minimum absolute atomic E-state index is 0.0905. The molecule has 5 nitrogen and oxygen atoms in total. The number of anilines is 1. The van der Waals surface area contributed by atoms with E-state index in [2.05, 4.69) is 10.3 Å². The highest BCUT2D eigenvalue weighted by Crippen LogP contribution is 2.32. The summed E-state index contributed by atoms with van der Waals surface area (Å²) in [6, 6.07) is 13.0. The van der Waals surface area contributed by atoms with Crippen LogP contribution >= 0.6 is 0 Å². The van der Waals surface area contributed by atoms with Gasteiger partial charge in [0.1, 0.15) is 5.82 Å². The van der Waals surface area contributed by atoms with Gasteiger partial charge < -0.3 is 10.2 Å². The predicted molar refractivity (Wildman–Crippen MR) is 93.0 cm³/mol. The van der Waals surface area contributed by atoms with E-state index in [9.17, 15) is 9.59 Å². The Hall–Kier alpha value is -2.95. The molecule has 2 aromatic rings. The first kappa shape index (κ1) is 15.9. The van der Waals surface area contributed by atoms with Crippen molar-refractivity contribution in [3.05, 3.63) is 65.5 Å². The minimum Gasteiger partial charge on any atom is -0.311 e. The first-order valence-corrected chi connectivity index (χ1v) is 7.84. The van der Waals surface area contributed by atoms with Crippen molar-refractivity contribution >= 4 is 23.7 Å². The van der Waals surface area contributed by atoms with E-state index < -0.39 is 0 Å². The maximum absolute atomic E-state index is 12.5. The van der Waals surface area contributed by atoms with Crippen LogP contribution in [0.15, 0.2) is 48.7 Å². The smallest absolute Gasteiger partial charge is 0.227 e. The lowest BCUT2D eigenvalue weighted by Gasteiger charge is -2.32. The van der Waals surface area contributed by atoms with Crippen LogP contribution in [0.3, 0.4) is 0 Å². The summed E-state index contributed by atoms with van der Waals surface area (Å²) in [7, 11) is 0. The Morgan fingerprint density at radius 1 is 1.17 bits per heavy atom. The molecule has 0 saturated carbocycles. The van der Waals surface area contributed by atoms with Crippen molar-refractivity contribution in [1.82, 2.24) is 9.88 Å². The summed E-state index contributed by atoms with van der Waals surface area (Å²) in [6.07, 6.45) is 3.82. The van der Waals surface area contributed by atoms with E-state index in [-0.39, 0.29) is 24.3 Å². The standard InChI is InChI=1S/C19H19N3O2/c1-13-6-5-9-18(20-13)21-19(24)12-17-16-8-4-3-7-15(16)10-11-22(17)14(2)23/h3-11,17H,12H2,1-2H3,(H,20,21,24). The normalized spacial score (nSPS) is 15.8. The molecule has 1 unspecified atom stereocenters. The number of hydrogen-bond donors (Lipinski definition) is 1. The number of nitrogens with one attached hydrogen (secondary N) is 1. The Labute approximate surface area is 141 Å². The summed E-state index contributed by atoms with van der Waals surface area (Å²) in [6.45, 7) is 3.38. The molecule has 0 bridgehead atoms. The SMILES string of the molecule is CC(=O)N1C=Cc2ccccc2C1CC(=O)Nc1cccc(C)n1. The van der Waals surface area contributed by atoms with Crippen LogP contribution in [-0.2, 0) is 9.59 Å². The zero-order valence-electron chi connectivity index (χ0n) is 13.7. The Kier molecular flexibility index (Phi) is 4.42. The summed E-state index contributed by atoms with van der Waals surface area (Å²) >= 11 is 0. The van der Waals surface area contributed by atoms with Gasteiger partial charge in [0.05, 0.1) is 12.5 Å². The summed E-state index contributed by atoms with van der Waals surface area (Å²) in [4.78, 5) is 30.3. The first-order chi connectivity index (χ1) is 11.5. The molecule has 0 saturated heterocycles. The third-order valence-electron chi connectivity index (χ3n) is 4.00.